The minimum atomic E-state index is 0.152. The van der Waals surface area contributed by atoms with Gasteiger partial charge >= 0.3 is 0 Å². The number of nitrogens with two attached hydrogens (primary N) is 1. The average molecular weight is 238 g/mol. The molecule has 1 unspecified atom stereocenters. The molecule has 0 radical (unpaired) electrons. The topological polar surface area (TPSA) is 26.0 Å². The Hall–Kier alpha value is -0.530. The van der Waals surface area contributed by atoms with E-state index in [0.717, 1.165) is 17.4 Å². The van der Waals surface area contributed by atoms with E-state index in [0.29, 0.717) is 0 Å². The fourth-order valence-corrected chi connectivity index (χ4v) is 2.82. The molecule has 1 saturated carbocycles. The molecule has 1 aliphatic rings. The normalized spacial score (nSPS) is 18.9. The van der Waals surface area contributed by atoms with Gasteiger partial charge in [0, 0.05) is 11.1 Å². The minimum absolute atomic E-state index is 0.152. The van der Waals surface area contributed by atoms with Crippen molar-refractivity contribution in [2.75, 3.05) is 0 Å². The zero-order valence-electron chi connectivity index (χ0n) is 9.66. The van der Waals surface area contributed by atoms with Crippen molar-refractivity contribution >= 4 is 11.6 Å². The highest BCUT2D eigenvalue weighted by atomic mass is 35.5. The Balaban J connectivity index is 1.85. The molecule has 1 aromatic carbocycles. The first kappa shape index (κ1) is 11.9. The number of rotatable bonds is 4. The van der Waals surface area contributed by atoms with Crippen LogP contribution >= 0.6 is 11.6 Å². The first-order valence-corrected chi connectivity index (χ1v) is 6.64. The smallest absolute Gasteiger partial charge is 0.0409 e. The molecule has 2 N–H and O–H groups in total. The molecule has 0 aliphatic heterocycles. The molecule has 0 heterocycles. The lowest BCUT2D eigenvalue weighted by molar-refractivity contribution is 0.454. The van der Waals surface area contributed by atoms with E-state index in [9.17, 15) is 0 Å². The molecule has 1 fully saturated rings. The number of halogens is 1. The second kappa shape index (κ2) is 5.70. The van der Waals surface area contributed by atoms with Crippen molar-refractivity contribution in [3.63, 3.8) is 0 Å². The Bertz CT molecular complexity index is 331. The highest BCUT2D eigenvalue weighted by Gasteiger charge is 2.16. The SMILES string of the molecule is NC(CCC1CCCC1)c1cccc(Cl)c1. The maximum Gasteiger partial charge on any atom is 0.0409 e. The van der Waals surface area contributed by atoms with Gasteiger partial charge in [0.2, 0.25) is 0 Å². The van der Waals surface area contributed by atoms with Gasteiger partial charge < -0.3 is 5.73 Å². The van der Waals surface area contributed by atoms with Crippen molar-refractivity contribution in [2.24, 2.45) is 11.7 Å². The molecule has 0 saturated heterocycles. The van der Waals surface area contributed by atoms with E-state index in [2.05, 4.69) is 6.07 Å². The molecule has 0 amide bonds. The van der Waals surface area contributed by atoms with Crippen molar-refractivity contribution < 1.29 is 0 Å². The van der Waals surface area contributed by atoms with E-state index >= 15 is 0 Å². The van der Waals surface area contributed by atoms with Gasteiger partial charge in [-0.25, -0.2) is 0 Å². The summed E-state index contributed by atoms with van der Waals surface area (Å²) in [6.07, 6.45) is 8.00. The first-order valence-electron chi connectivity index (χ1n) is 6.27. The molecule has 1 nitrogen and oxygen atoms in total. The van der Waals surface area contributed by atoms with Gasteiger partial charge in [-0.05, 0) is 36.5 Å². The van der Waals surface area contributed by atoms with E-state index in [-0.39, 0.29) is 6.04 Å². The van der Waals surface area contributed by atoms with Crippen molar-refractivity contribution in [1.82, 2.24) is 0 Å². The van der Waals surface area contributed by atoms with Gasteiger partial charge in [0.05, 0.1) is 0 Å². The lowest BCUT2D eigenvalue weighted by Gasteiger charge is -2.15. The zero-order chi connectivity index (χ0) is 11.4. The standard InChI is InChI=1S/C14H20ClN/c15-13-7-3-6-12(10-13)14(16)9-8-11-4-1-2-5-11/h3,6-7,10-11,14H,1-2,4-5,8-9,16H2. The van der Waals surface area contributed by atoms with Crippen LogP contribution in [-0.4, -0.2) is 0 Å². The molecular formula is C14H20ClN. The molecule has 2 heteroatoms. The first-order chi connectivity index (χ1) is 7.75. The quantitative estimate of drug-likeness (QED) is 0.830. The average Bonchev–Trinajstić information content (AvgIpc) is 2.78. The summed E-state index contributed by atoms with van der Waals surface area (Å²) in [5, 5.41) is 0.786. The Morgan fingerprint density at radius 1 is 1.31 bits per heavy atom. The summed E-state index contributed by atoms with van der Waals surface area (Å²) in [5.41, 5.74) is 7.36. The maximum absolute atomic E-state index is 6.18. The van der Waals surface area contributed by atoms with Crippen LogP contribution in [0, 0.1) is 5.92 Å². The van der Waals surface area contributed by atoms with Crippen molar-refractivity contribution in [3.8, 4) is 0 Å². The molecular weight excluding hydrogens is 218 g/mol. The van der Waals surface area contributed by atoms with Crippen LogP contribution in [0.15, 0.2) is 24.3 Å². The van der Waals surface area contributed by atoms with Crippen molar-refractivity contribution in [3.05, 3.63) is 34.9 Å². The summed E-state index contributed by atoms with van der Waals surface area (Å²) in [4.78, 5) is 0. The van der Waals surface area contributed by atoms with Crippen LogP contribution in [0.5, 0.6) is 0 Å². The summed E-state index contributed by atoms with van der Waals surface area (Å²) >= 11 is 5.96. The molecule has 1 aromatic rings. The van der Waals surface area contributed by atoms with Gasteiger partial charge in [-0.3, -0.25) is 0 Å². The van der Waals surface area contributed by atoms with Crippen LogP contribution in [0.2, 0.25) is 5.02 Å². The molecule has 88 valence electrons. The van der Waals surface area contributed by atoms with E-state index < -0.39 is 0 Å². The van der Waals surface area contributed by atoms with Crippen LogP contribution in [0.25, 0.3) is 0 Å². The maximum atomic E-state index is 6.18. The minimum Gasteiger partial charge on any atom is -0.324 e. The molecule has 0 spiro atoms. The second-order valence-corrected chi connectivity index (χ2v) is 5.33. The number of hydrogen-bond donors (Lipinski definition) is 1. The molecule has 16 heavy (non-hydrogen) atoms. The third-order valence-electron chi connectivity index (χ3n) is 3.64. The Morgan fingerprint density at radius 3 is 2.75 bits per heavy atom. The van der Waals surface area contributed by atoms with Crippen LogP contribution in [-0.2, 0) is 0 Å². The van der Waals surface area contributed by atoms with Gasteiger partial charge in [0.25, 0.3) is 0 Å². The third-order valence-corrected chi connectivity index (χ3v) is 3.87. The van der Waals surface area contributed by atoms with Gasteiger partial charge in [-0.1, -0.05) is 49.4 Å². The summed E-state index contributed by atoms with van der Waals surface area (Å²) in [7, 11) is 0. The lowest BCUT2D eigenvalue weighted by Crippen LogP contribution is -2.11. The van der Waals surface area contributed by atoms with Gasteiger partial charge in [0.1, 0.15) is 0 Å². The molecule has 0 bridgehead atoms. The predicted octanol–water partition coefficient (Wildman–Crippen LogP) is 4.31. The largest absolute Gasteiger partial charge is 0.324 e. The van der Waals surface area contributed by atoms with E-state index in [1.54, 1.807) is 0 Å². The van der Waals surface area contributed by atoms with Gasteiger partial charge in [-0.15, -0.1) is 0 Å². The highest BCUT2D eigenvalue weighted by Crippen LogP contribution is 2.31. The number of benzene rings is 1. The van der Waals surface area contributed by atoms with Gasteiger partial charge in [0.15, 0.2) is 0 Å². The second-order valence-electron chi connectivity index (χ2n) is 4.89. The molecule has 0 aromatic heterocycles. The predicted molar refractivity (Wildman–Crippen MR) is 69.6 cm³/mol. The fraction of sp³-hybridized carbons (Fsp3) is 0.571. The molecule has 1 aliphatic carbocycles. The van der Waals surface area contributed by atoms with E-state index in [1.165, 1.54) is 37.7 Å². The third kappa shape index (κ3) is 3.23. The van der Waals surface area contributed by atoms with Crippen LogP contribution in [0.1, 0.15) is 50.1 Å². The fourth-order valence-electron chi connectivity index (χ4n) is 2.62. The summed E-state index contributed by atoms with van der Waals surface area (Å²) in [5.74, 6) is 0.922. The van der Waals surface area contributed by atoms with Crippen LogP contribution in [0.4, 0.5) is 0 Å². The summed E-state index contributed by atoms with van der Waals surface area (Å²) < 4.78 is 0. The van der Waals surface area contributed by atoms with Crippen molar-refractivity contribution in [1.29, 1.82) is 0 Å². The highest BCUT2D eigenvalue weighted by molar-refractivity contribution is 6.30. The monoisotopic (exact) mass is 237 g/mol. The van der Waals surface area contributed by atoms with Gasteiger partial charge in [-0.2, -0.15) is 0 Å². The Morgan fingerprint density at radius 2 is 2.06 bits per heavy atom. The number of hydrogen-bond acceptors (Lipinski definition) is 1. The van der Waals surface area contributed by atoms with Crippen LogP contribution < -0.4 is 5.73 Å². The Labute approximate surface area is 103 Å². The molecule has 1 atom stereocenters. The molecule has 2 rings (SSSR count). The summed E-state index contributed by atoms with van der Waals surface area (Å²) in [6, 6.07) is 8.09. The van der Waals surface area contributed by atoms with Crippen LogP contribution in [0.3, 0.4) is 0 Å². The Kier molecular flexibility index (Phi) is 4.25. The van der Waals surface area contributed by atoms with Crippen molar-refractivity contribution in [2.45, 2.75) is 44.6 Å². The van der Waals surface area contributed by atoms with E-state index in [1.807, 2.05) is 18.2 Å². The summed E-state index contributed by atoms with van der Waals surface area (Å²) in [6.45, 7) is 0. The zero-order valence-corrected chi connectivity index (χ0v) is 10.4. The van der Waals surface area contributed by atoms with E-state index in [4.69, 9.17) is 17.3 Å². The lowest BCUT2D eigenvalue weighted by atomic mass is 9.95.